The molecule has 0 aromatic carbocycles. The minimum Gasteiger partial charge on any atom is -0.460 e. The number of amides is 3. The maximum absolute atomic E-state index is 12.9. The van der Waals surface area contributed by atoms with Crippen LogP contribution in [-0.2, 0) is 23.9 Å². The second-order valence-electron chi connectivity index (χ2n) is 8.96. The Morgan fingerprint density at radius 3 is 1.90 bits per heavy atom. The highest BCUT2D eigenvalue weighted by Gasteiger charge is 2.27. The summed E-state index contributed by atoms with van der Waals surface area (Å²) < 4.78 is 23.0. The van der Waals surface area contributed by atoms with Gasteiger partial charge in [0, 0.05) is 25.9 Å². The number of aliphatic hydroxyl groups excluding tert-OH is 1. The fourth-order valence-corrected chi connectivity index (χ4v) is 2.23. The Balaban J connectivity index is 4.32. The van der Waals surface area contributed by atoms with Gasteiger partial charge in [0.15, 0.2) is 0 Å². The second kappa shape index (κ2) is 13.1. The molecular weight excluding hydrogens is 413 g/mol. The number of rotatable bonds is 11. The molecule has 0 fully saturated rings. The van der Waals surface area contributed by atoms with Crippen molar-refractivity contribution < 1.29 is 38.1 Å². The summed E-state index contributed by atoms with van der Waals surface area (Å²) in [5, 5.41) is 17.1. The van der Waals surface area contributed by atoms with E-state index < -0.39 is 60.3 Å². The molecule has 4 N–H and O–H groups in total. The van der Waals surface area contributed by atoms with Gasteiger partial charge in [-0.3, -0.25) is 14.4 Å². The summed E-state index contributed by atoms with van der Waals surface area (Å²) in [7, 11) is 0. The third kappa shape index (κ3) is 16.0. The van der Waals surface area contributed by atoms with Crippen molar-refractivity contribution in [3.63, 3.8) is 0 Å². The van der Waals surface area contributed by atoms with Gasteiger partial charge in [0.1, 0.15) is 24.0 Å². The largest absolute Gasteiger partial charge is 0.460 e. The first-order valence-corrected chi connectivity index (χ1v) is 10.1. The van der Waals surface area contributed by atoms with Crippen molar-refractivity contribution in [2.45, 2.75) is 84.2 Å². The number of hydrogen-bond donors (Lipinski definition) is 4. The number of ether oxygens (including phenoxy) is 2. The fourth-order valence-electron chi connectivity index (χ4n) is 2.23. The lowest BCUT2D eigenvalue weighted by Crippen LogP contribution is -2.46. The van der Waals surface area contributed by atoms with E-state index in [-0.39, 0.29) is 25.9 Å². The van der Waals surface area contributed by atoms with Crippen LogP contribution in [0, 0.1) is 0 Å². The van der Waals surface area contributed by atoms with Gasteiger partial charge in [-0.1, -0.05) is 0 Å². The van der Waals surface area contributed by atoms with Crippen LogP contribution in [-0.4, -0.2) is 72.1 Å². The van der Waals surface area contributed by atoms with Crippen LogP contribution in [0.3, 0.4) is 0 Å². The molecule has 31 heavy (non-hydrogen) atoms. The Hall–Kier alpha value is -2.43. The van der Waals surface area contributed by atoms with Crippen molar-refractivity contribution in [1.29, 1.82) is 0 Å². The van der Waals surface area contributed by atoms with Crippen LogP contribution in [0.25, 0.3) is 0 Å². The van der Waals surface area contributed by atoms with E-state index in [9.17, 15) is 28.7 Å². The first-order chi connectivity index (χ1) is 14.1. The zero-order chi connectivity index (χ0) is 24.2. The third-order valence-electron chi connectivity index (χ3n) is 3.47. The summed E-state index contributed by atoms with van der Waals surface area (Å²) in [4.78, 5) is 47.2. The number of hydrogen-bond acceptors (Lipinski definition) is 7. The standard InChI is InChI=1S/C20H36FN3O7/c1-19(2,3)30-17(28)11-13(14(25)12-21)24-16(27)8-7-15(26)22-9-10-23-18(29)31-20(4,5)6/h13-14,25H,7-12H2,1-6H3,(H,22,26)(H,23,29)(H,24,27). The molecule has 0 saturated heterocycles. The molecule has 10 nitrogen and oxygen atoms in total. The molecule has 0 spiro atoms. The molecule has 180 valence electrons. The molecule has 2 unspecified atom stereocenters. The van der Waals surface area contributed by atoms with Crippen molar-refractivity contribution in [3.8, 4) is 0 Å². The average molecular weight is 450 g/mol. The van der Waals surface area contributed by atoms with Gasteiger partial charge in [0.25, 0.3) is 0 Å². The SMILES string of the molecule is CC(C)(C)OC(=O)CC(NC(=O)CCC(=O)NCCNC(=O)OC(C)(C)C)C(O)CF. The molecule has 0 bridgehead atoms. The van der Waals surface area contributed by atoms with Gasteiger partial charge in [-0.15, -0.1) is 0 Å². The van der Waals surface area contributed by atoms with E-state index in [4.69, 9.17) is 9.47 Å². The highest BCUT2D eigenvalue weighted by atomic mass is 19.1. The van der Waals surface area contributed by atoms with Crippen molar-refractivity contribution in [2.24, 2.45) is 0 Å². The van der Waals surface area contributed by atoms with Gasteiger partial charge in [0.05, 0.1) is 12.5 Å². The molecule has 2 atom stereocenters. The van der Waals surface area contributed by atoms with Crippen LogP contribution in [0.1, 0.15) is 60.8 Å². The molecular formula is C20H36FN3O7. The molecule has 0 aromatic heterocycles. The van der Waals surface area contributed by atoms with Gasteiger partial charge in [-0.25, -0.2) is 9.18 Å². The molecule has 0 aliphatic heterocycles. The molecule has 0 heterocycles. The summed E-state index contributed by atoms with van der Waals surface area (Å²) in [6.45, 7) is 9.29. The van der Waals surface area contributed by atoms with E-state index in [0.717, 1.165) is 0 Å². The van der Waals surface area contributed by atoms with Gasteiger partial charge in [-0.2, -0.15) is 0 Å². The lowest BCUT2D eigenvalue weighted by Gasteiger charge is -2.24. The van der Waals surface area contributed by atoms with Crippen LogP contribution in [0.5, 0.6) is 0 Å². The highest BCUT2D eigenvalue weighted by Crippen LogP contribution is 2.11. The fraction of sp³-hybridized carbons (Fsp3) is 0.800. The number of carbonyl (C=O) groups excluding carboxylic acids is 4. The molecule has 0 aromatic rings. The number of alkyl halides is 1. The van der Waals surface area contributed by atoms with Crippen LogP contribution in [0.15, 0.2) is 0 Å². The predicted octanol–water partition coefficient (Wildman–Crippen LogP) is 0.955. The van der Waals surface area contributed by atoms with E-state index in [1.807, 2.05) is 0 Å². The number of esters is 1. The minimum atomic E-state index is -1.58. The summed E-state index contributed by atoms with van der Waals surface area (Å²) in [6.07, 6.45) is -2.98. The molecule has 0 rings (SSSR count). The molecule has 0 aliphatic carbocycles. The third-order valence-corrected chi connectivity index (χ3v) is 3.47. The maximum Gasteiger partial charge on any atom is 0.407 e. The number of nitrogens with one attached hydrogen (secondary N) is 3. The topological polar surface area (TPSA) is 143 Å². The van der Waals surface area contributed by atoms with E-state index >= 15 is 0 Å². The van der Waals surface area contributed by atoms with E-state index in [1.54, 1.807) is 41.5 Å². The number of halogens is 1. The highest BCUT2D eigenvalue weighted by molar-refractivity contribution is 5.84. The summed E-state index contributed by atoms with van der Waals surface area (Å²) in [5.41, 5.74) is -1.39. The Morgan fingerprint density at radius 1 is 0.871 bits per heavy atom. The summed E-state index contributed by atoms with van der Waals surface area (Å²) in [6, 6.07) is -1.17. The van der Waals surface area contributed by atoms with Crippen LogP contribution in [0.4, 0.5) is 9.18 Å². The van der Waals surface area contributed by atoms with Gasteiger partial charge >= 0.3 is 12.1 Å². The minimum absolute atomic E-state index is 0.140. The first-order valence-electron chi connectivity index (χ1n) is 10.1. The second-order valence-corrected chi connectivity index (χ2v) is 8.96. The Kier molecular flexibility index (Phi) is 12.1. The number of alkyl carbamates (subject to hydrolysis) is 1. The van der Waals surface area contributed by atoms with Crippen molar-refractivity contribution in [3.05, 3.63) is 0 Å². The van der Waals surface area contributed by atoms with Crippen LogP contribution < -0.4 is 16.0 Å². The normalized spacial score (nSPS) is 13.5. The first kappa shape index (κ1) is 28.6. The monoisotopic (exact) mass is 449 g/mol. The zero-order valence-electron chi connectivity index (χ0n) is 19.2. The van der Waals surface area contributed by atoms with E-state index in [1.165, 1.54) is 0 Å². The number of aliphatic hydroxyl groups is 1. The van der Waals surface area contributed by atoms with Gasteiger partial charge < -0.3 is 30.5 Å². The van der Waals surface area contributed by atoms with E-state index in [0.29, 0.717) is 0 Å². The van der Waals surface area contributed by atoms with Crippen LogP contribution in [0.2, 0.25) is 0 Å². The van der Waals surface area contributed by atoms with Crippen molar-refractivity contribution >= 4 is 23.9 Å². The van der Waals surface area contributed by atoms with Crippen molar-refractivity contribution in [2.75, 3.05) is 19.8 Å². The van der Waals surface area contributed by atoms with Gasteiger partial charge in [-0.05, 0) is 41.5 Å². The molecule has 11 heteroatoms. The molecule has 0 saturated carbocycles. The number of carbonyl (C=O) groups is 4. The van der Waals surface area contributed by atoms with Gasteiger partial charge in [0.2, 0.25) is 11.8 Å². The summed E-state index contributed by atoms with van der Waals surface area (Å²) >= 11 is 0. The maximum atomic E-state index is 12.9. The zero-order valence-corrected chi connectivity index (χ0v) is 19.2. The lowest BCUT2D eigenvalue weighted by atomic mass is 10.1. The van der Waals surface area contributed by atoms with Crippen molar-refractivity contribution in [1.82, 2.24) is 16.0 Å². The van der Waals surface area contributed by atoms with E-state index in [2.05, 4.69) is 16.0 Å². The smallest absolute Gasteiger partial charge is 0.407 e. The quantitative estimate of drug-likeness (QED) is 0.272. The Morgan fingerprint density at radius 2 is 1.39 bits per heavy atom. The molecule has 0 radical (unpaired) electrons. The molecule has 3 amide bonds. The predicted molar refractivity (Wildman–Crippen MR) is 111 cm³/mol. The summed E-state index contributed by atoms with van der Waals surface area (Å²) in [5.74, 6) is -1.75. The Labute approximate surface area is 182 Å². The van der Waals surface area contributed by atoms with Crippen LogP contribution >= 0.6 is 0 Å². The Bertz CT molecular complexity index is 615. The molecule has 0 aliphatic rings. The lowest BCUT2D eigenvalue weighted by molar-refractivity contribution is -0.156. The average Bonchev–Trinajstić information content (AvgIpc) is 2.59.